The van der Waals surface area contributed by atoms with E-state index in [-0.39, 0.29) is 37.0 Å². The number of carbonyl (C=O) groups is 3. The van der Waals surface area contributed by atoms with E-state index >= 15 is 0 Å². The molecule has 0 aliphatic carbocycles. The van der Waals surface area contributed by atoms with Crippen LogP contribution in [-0.4, -0.2) is 132 Å². The van der Waals surface area contributed by atoms with Gasteiger partial charge in [-0.15, -0.1) is 13.2 Å². The molecule has 4 rings (SSSR count). The summed E-state index contributed by atoms with van der Waals surface area (Å²) >= 11 is 0. The van der Waals surface area contributed by atoms with Crippen LogP contribution in [0.5, 0.6) is 0 Å². The van der Waals surface area contributed by atoms with Crippen LogP contribution in [0.3, 0.4) is 0 Å². The van der Waals surface area contributed by atoms with E-state index in [1.165, 1.54) is 0 Å². The Bertz CT molecular complexity index is 893. The van der Waals surface area contributed by atoms with Crippen LogP contribution in [0, 0.1) is 11.8 Å². The van der Waals surface area contributed by atoms with Gasteiger partial charge in [-0.2, -0.15) is 0 Å². The molecule has 0 radical (unpaired) electrons. The number of likely N-dealkylation sites (tertiary alicyclic amines) is 1. The number of nitrogens with zero attached hydrogens (tertiary/aromatic N) is 4. The highest BCUT2D eigenvalue weighted by Crippen LogP contribution is 2.59. The van der Waals surface area contributed by atoms with E-state index in [9.17, 15) is 19.5 Å². The molecule has 1 spiro atoms. The molecule has 5 atom stereocenters. The monoisotopic (exact) mass is 532 g/mol. The Kier molecular flexibility index (Phi) is 9.62. The molecule has 1 N–H and O–H groups in total. The Morgan fingerprint density at radius 3 is 2.42 bits per heavy atom. The minimum atomic E-state index is -1.03. The first-order chi connectivity index (χ1) is 18.4. The Morgan fingerprint density at radius 1 is 1.11 bits per heavy atom. The number of hydrogen-bond acceptors (Lipinski definition) is 7. The second kappa shape index (κ2) is 12.7. The molecule has 0 aromatic heterocycles. The third kappa shape index (κ3) is 5.28. The van der Waals surface area contributed by atoms with Gasteiger partial charge < -0.3 is 29.3 Å². The molecular formula is C28H44N4O6. The second-order valence-electron chi connectivity index (χ2n) is 10.8. The summed E-state index contributed by atoms with van der Waals surface area (Å²) in [4.78, 5) is 49.4. The highest BCUT2D eigenvalue weighted by Gasteiger charge is 2.74. The van der Waals surface area contributed by atoms with Crippen LogP contribution in [0.1, 0.15) is 32.6 Å². The maximum Gasteiger partial charge on any atom is 0.248 e. The molecule has 4 aliphatic rings. The van der Waals surface area contributed by atoms with Crippen LogP contribution < -0.4 is 0 Å². The van der Waals surface area contributed by atoms with Crippen molar-refractivity contribution in [1.29, 1.82) is 0 Å². The average Bonchev–Trinajstić information content (AvgIpc) is 3.57. The number of morpholine rings is 1. The highest BCUT2D eigenvalue weighted by molar-refractivity contribution is 5.99. The van der Waals surface area contributed by atoms with Gasteiger partial charge in [0.1, 0.15) is 11.6 Å². The van der Waals surface area contributed by atoms with E-state index in [0.29, 0.717) is 65.2 Å². The number of aliphatic hydroxyl groups is 1. The minimum Gasteiger partial charge on any atom is -0.396 e. The van der Waals surface area contributed by atoms with Crippen molar-refractivity contribution >= 4 is 17.7 Å². The molecule has 4 heterocycles. The van der Waals surface area contributed by atoms with Crippen LogP contribution in [0.15, 0.2) is 25.3 Å². The first kappa shape index (κ1) is 28.7. The maximum absolute atomic E-state index is 14.3. The van der Waals surface area contributed by atoms with Crippen molar-refractivity contribution in [2.75, 3.05) is 72.2 Å². The Hall–Kier alpha value is -2.27. The lowest BCUT2D eigenvalue weighted by Gasteiger charge is -2.37. The van der Waals surface area contributed by atoms with E-state index in [1.54, 1.807) is 26.9 Å². The fourth-order valence-electron chi connectivity index (χ4n) is 6.83. The number of aliphatic hydroxyl groups excluding tert-OH is 1. The third-order valence-corrected chi connectivity index (χ3v) is 8.48. The van der Waals surface area contributed by atoms with Crippen LogP contribution in [0.4, 0.5) is 0 Å². The fourth-order valence-corrected chi connectivity index (χ4v) is 6.83. The molecule has 2 unspecified atom stereocenters. The van der Waals surface area contributed by atoms with Gasteiger partial charge >= 0.3 is 0 Å². The van der Waals surface area contributed by atoms with Gasteiger partial charge in [-0.1, -0.05) is 19.1 Å². The number of rotatable bonds is 14. The zero-order valence-electron chi connectivity index (χ0n) is 22.8. The van der Waals surface area contributed by atoms with Gasteiger partial charge in [0, 0.05) is 59.0 Å². The summed E-state index contributed by atoms with van der Waals surface area (Å²) in [5, 5.41) is 9.56. The molecule has 38 heavy (non-hydrogen) atoms. The van der Waals surface area contributed by atoms with E-state index in [2.05, 4.69) is 18.1 Å². The van der Waals surface area contributed by atoms with E-state index in [0.717, 1.165) is 19.5 Å². The van der Waals surface area contributed by atoms with Crippen LogP contribution in [0.2, 0.25) is 0 Å². The van der Waals surface area contributed by atoms with Gasteiger partial charge in [-0.3, -0.25) is 19.3 Å². The van der Waals surface area contributed by atoms with Gasteiger partial charge in [0.15, 0.2) is 0 Å². The number of hydrogen-bond donors (Lipinski definition) is 1. The van der Waals surface area contributed by atoms with Gasteiger partial charge in [0.05, 0.1) is 31.2 Å². The molecule has 4 saturated heterocycles. The molecule has 0 saturated carbocycles. The highest BCUT2D eigenvalue weighted by atomic mass is 16.5. The van der Waals surface area contributed by atoms with Gasteiger partial charge in [0.2, 0.25) is 17.7 Å². The molecule has 212 valence electrons. The van der Waals surface area contributed by atoms with Gasteiger partial charge in [-0.05, 0) is 25.7 Å². The zero-order valence-corrected chi connectivity index (χ0v) is 22.8. The molecule has 10 heteroatoms. The number of ether oxygens (including phenoxy) is 2. The Balaban J connectivity index is 1.62. The zero-order chi connectivity index (χ0) is 27.3. The third-order valence-electron chi connectivity index (χ3n) is 8.48. The van der Waals surface area contributed by atoms with E-state index in [1.807, 2.05) is 6.92 Å². The van der Waals surface area contributed by atoms with Crippen molar-refractivity contribution in [1.82, 2.24) is 19.6 Å². The molecule has 4 fully saturated rings. The first-order valence-electron chi connectivity index (χ1n) is 14.1. The van der Waals surface area contributed by atoms with Crippen molar-refractivity contribution < 1.29 is 29.0 Å². The largest absolute Gasteiger partial charge is 0.396 e. The molecule has 10 nitrogen and oxygen atoms in total. The van der Waals surface area contributed by atoms with E-state index < -0.39 is 23.5 Å². The van der Waals surface area contributed by atoms with Gasteiger partial charge in [0.25, 0.3) is 0 Å². The average molecular weight is 533 g/mol. The van der Waals surface area contributed by atoms with Crippen LogP contribution >= 0.6 is 0 Å². The number of fused-ring (bicyclic) bond motifs is 1. The number of amides is 3. The van der Waals surface area contributed by atoms with Crippen molar-refractivity contribution in [3.05, 3.63) is 25.3 Å². The van der Waals surface area contributed by atoms with Crippen molar-refractivity contribution in [3.63, 3.8) is 0 Å². The van der Waals surface area contributed by atoms with Crippen molar-refractivity contribution in [2.24, 2.45) is 11.8 Å². The quantitative estimate of drug-likeness (QED) is 0.325. The lowest BCUT2D eigenvalue weighted by Crippen LogP contribution is -2.57. The smallest absolute Gasteiger partial charge is 0.248 e. The summed E-state index contributed by atoms with van der Waals surface area (Å²) in [6.45, 7) is 15.4. The van der Waals surface area contributed by atoms with Crippen molar-refractivity contribution in [2.45, 2.75) is 50.4 Å². The van der Waals surface area contributed by atoms with Gasteiger partial charge in [-0.25, -0.2) is 0 Å². The number of carbonyl (C=O) groups excluding carboxylic acids is 3. The molecule has 2 bridgehead atoms. The molecular weight excluding hydrogens is 488 g/mol. The summed E-state index contributed by atoms with van der Waals surface area (Å²) in [5.74, 6) is -1.78. The second-order valence-corrected chi connectivity index (χ2v) is 10.8. The summed E-state index contributed by atoms with van der Waals surface area (Å²) in [5.41, 5.74) is -1.03. The van der Waals surface area contributed by atoms with Crippen LogP contribution in [-0.2, 0) is 23.9 Å². The summed E-state index contributed by atoms with van der Waals surface area (Å²) in [7, 11) is 0. The van der Waals surface area contributed by atoms with Crippen LogP contribution in [0.25, 0.3) is 0 Å². The lowest BCUT2D eigenvalue weighted by atomic mass is 9.70. The fraction of sp³-hybridized carbons (Fsp3) is 0.750. The molecule has 4 aliphatic heterocycles. The predicted octanol–water partition coefficient (Wildman–Crippen LogP) is 0.515. The first-order valence-corrected chi connectivity index (χ1v) is 14.1. The normalized spacial score (nSPS) is 30.4. The van der Waals surface area contributed by atoms with E-state index in [4.69, 9.17) is 9.47 Å². The summed E-state index contributed by atoms with van der Waals surface area (Å²) in [6.07, 6.45) is 5.38. The SMILES string of the molecule is C=CCN(CCN1CCOCC1)C(=O)C1N(CCCO)C(=O)[C@@H]2[C@@H](C(=O)N(CC=C)CCC)[C@H]3CCC12O3. The summed E-state index contributed by atoms with van der Waals surface area (Å²) < 4.78 is 12.0. The predicted molar refractivity (Wildman–Crippen MR) is 142 cm³/mol. The summed E-state index contributed by atoms with van der Waals surface area (Å²) in [6, 6.07) is -0.821. The lowest BCUT2D eigenvalue weighted by molar-refractivity contribution is -0.149. The Labute approximate surface area is 226 Å². The maximum atomic E-state index is 14.3. The molecule has 0 aromatic rings. The topological polar surface area (TPSA) is 103 Å². The molecule has 0 aromatic carbocycles. The standard InChI is InChI=1S/C28H44N4O6/c1-4-10-30(11-5-2)25(34)22-21-8-9-28(38-21)23(22)26(35)32(13-7-18-33)24(28)27(36)31(12-6-3)15-14-29-16-19-37-20-17-29/h4,6,21-24,33H,1,3,5,7-20H2,2H3/t21-,22+,23+,24?,28?/m1/s1. The molecule has 3 amide bonds. The van der Waals surface area contributed by atoms with Crippen molar-refractivity contribution in [3.8, 4) is 0 Å². The Morgan fingerprint density at radius 2 is 1.79 bits per heavy atom. The minimum absolute atomic E-state index is 0.0920.